The number of non-ortho nitro benzene ring substituents is 1. The molecule has 0 bridgehead atoms. The predicted octanol–water partition coefficient (Wildman–Crippen LogP) is 3.74. The van der Waals surface area contributed by atoms with Crippen molar-refractivity contribution in [2.45, 2.75) is 0 Å². The normalized spacial score (nSPS) is 10.6. The Kier molecular flexibility index (Phi) is 6.60. The Labute approximate surface area is 178 Å². The molecule has 0 radical (unpaired) electrons. The Hall–Kier alpha value is -3.92. The molecule has 2 aromatic carbocycles. The highest BCUT2D eigenvalue weighted by Gasteiger charge is 2.14. The van der Waals surface area contributed by atoms with E-state index >= 15 is 0 Å². The molecule has 0 fully saturated rings. The number of hydrogen-bond donors (Lipinski definition) is 1. The van der Waals surface area contributed by atoms with Crippen LogP contribution in [0.3, 0.4) is 0 Å². The van der Waals surface area contributed by atoms with Crippen molar-refractivity contribution >= 4 is 39.7 Å². The van der Waals surface area contributed by atoms with Crippen molar-refractivity contribution < 1.29 is 19.2 Å². The average molecular weight is 469 g/mol. The predicted molar refractivity (Wildman–Crippen MR) is 111 cm³/mol. The zero-order valence-corrected chi connectivity index (χ0v) is 16.8. The molecule has 1 amide bonds. The number of hydrazone groups is 1. The van der Waals surface area contributed by atoms with Gasteiger partial charge in [0.1, 0.15) is 11.4 Å². The first kappa shape index (κ1) is 20.8. The number of carbonyl (C=O) groups is 2. The monoisotopic (exact) mass is 468 g/mol. The second-order valence-electron chi connectivity index (χ2n) is 5.79. The number of nitro groups is 1. The summed E-state index contributed by atoms with van der Waals surface area (Å²) in [6.07, 6.45) is 2.81. The van der Waals surface area contributed by atoms with Crippen LogP contribution in [0, 0.1) is 10.1 Å². The van der Waals surface area contributed by atoms with Gasteiger partial charge in [-0.25, -0.2) is 10.2 Å². The Morgan fingerprint density at radius 1 is 1.13 bits per heavy atom. The third-order valence-corrected chi connectivity index (χ3v) is 4.25. The lowest BCUT2D eigenvalue weighted by Crippen LogP contribution is -2.18. The van der Waals surface area contributed by atoms with Crippen LogP contribution >= 0.6 is 15.9 Å². The molecule has 10 heteroatoms. The van der Waals surface area contributed by atoms with E-state index in [2.05, 4.69) is 31.4 Å². The largest absolute Gasteiger partial charge is 0.422 e. The zero-order valence-electron chi connectivity index (χ0n) is 15.2. The number of pyridine rings is 1. The van der Waals surface area contributed by atoms with E-state index in [0.717, 1.165) is 0 Å². The molecule has 0 aliphatic heterocycles. The quantitative estimate of drug-likeness (QED) is 0.193. The van der Waals surface area contributed by atoms with Crippen molar-refractivity contribution in [3.8, 4) is 5.75 Å². The van der Waals surface area contributed by atoms with Crippen LogP contribution < -0.4 is 10.2 Å². The van der Waals surface area contributed by atoms with Crippen LogP contribution in [-0.4, -0.2) is 28.0 Å². The lowest BCUT2D eigenvalue weighted by molar-refractivity contribution is -0.384. The number of aromatic nitrogens is 1. The first-order valence-corrected chi connectivity index (χ1v) is 9.24. The minimum absolute atomic E-state index is 0.133. The maximum absolute atomic E-state index is 12.4. The van der Waals surface area contributed by atoms with Crippen LogP contribution in [0.4, 0.5) is 5.69 Å². The third-order valence-electron chi connectivity index (χ3n) is 3.76. The number of amides is 1. The zero-order chi connectivity index (χ0) is 21.5. The minimum Gasteiger partial charge on any atom is -0.422 e. The SMILES string of the molecule is O=C(Oc1ccc(Br)cc1/C=N/NC(=O)c1ccccn1)c1ccc([N+](=O)[O-])cc1. The van der Waals surface area contributed by atoms with Gasteiger partial charge >= 0.3 is 5.97 Å². The second kappa shape index (κ2) is 9.52. The summed E-state index contributed by atoms with van der Waals surface area (Å²) < 4.78 is 6.09. The fourth-order valence-electron chi connectivity index (χ4n) is 2.31. The molecule has 3 aromatic rings. The number of nitrogens with zero attached hydrogens (tertiary/aromatic N) is 3. The summed E-state index contributed by atoms with van der Waals surface area (Å²) in [5.74, 6) is -0.997. The van der Waals surface area contributed by atoms with Gasteiger partial charge in [-0.2, -0.15) is 5.10 Å². The van der Waals surface area contributed by atoms with Gasteiger partial charge in [-0.05, 0) is 42.5 Å². The average Bonchev–Trinajstić information content (AvgIpc) is 2.76. The second-order valence-corrected chi connectivity index (χ2v) is 6.71. The summed E-state index contributed by atoms with van der Waals surface area (Å²) in [5.41, 5.74) is 2.98. The molecule has 30 heavy (non-hydrogen) atoms. The number of ether oxygens (including phenoxy) is 1. The Morgan fingerprint density at radius 3 is 2.57 bits per heavy atom. The third kappa shape index (κ3) is 5.32. The van der Waals surface area contributed by atoms with Crippen LogP contribution in [0.5, 0.6) is 5.75 Å². The number of halogens is 1. The van der Waals surface area contributed by atoms with Gasteiger partial charge in [-0.3, -0.25) is 19.9 Å². The van der Waals surface area contributed by atoms with E-state index in [1.54, 1.807) is 36.4 Å². The van der Waals surface area contributed by atoms with Gasteiger partial charge in [0.15, 0.2) is 0 Å². The number of benzene rings is 2. The minimum atomic E-state index is -0.695. The molecule has 0 saturated carbocycles. The molecular formula is C20H13BrN4O5. The summed E-state index contributed by atoms with van der Waals surface area (Å²) in [6.45, 7) is 0. The van der Waals surface area contributed by atoms with Crippen LogP contribution in [0.25, 0.3) is 0 Å². The van der Waals surface area contributed by atoms with E-state index in [-0.39, 0.29) is 22.7 Å². The highest BCUT2D eigenvalue weighted by molar-refractivity contribution is 9.10. The number of nitro benzene ring substituents is 1. The fraction of sp³-hybridized carbons (Fsp3) is 0. The molecular weight excluding hydrogens is 456 g/mol. The van der Waals surface area contributed by atoms with Crippen molar-refractivity contribution in [1.82, 2.24) is 10.4 Å². The molecule has 3 rings (SSSR count). The standard InChI is InChI=1S/C20H13BrN4O5/c21-15-6-9-18(30-20(27)13-4-7-16(8-5-13)25(28)29)14(11-15)12-23-24-19(26)17-3-1-2-10-22-17/h1-12H,(H,24,26)/b23-12+. The van der Waals surface area contributed by atoms with Crippen LogP contribution in [-0.2, 0) is 0 Å². The van der Waals surface area contributed by atoms with Gasteiger partial charge in [0.05, 0.1) is 16.7 Å². The first-order valence-electron chi connectivity index (χ1n) is 8.44. The molecule has 0 aliphatic rings. The Morgan fingerprint density at radius 2 is 1.90 bits per heavy atom. The summed E-state index contributed by atoms with van der Waals surface area (Å²) >= 11 is 3.32. The van der Waals surface area contributed by atoms with Crippen molar-refractivity contribution in [3.63, 3.8) is 0 Å². The van der Waals surface area contributed by atoms with Crippen molar-refractivity contribution in [2.24, 2.45) is 5.10 Å². The van der Waals surface area contributed by atoms with E-state index in [0.29, 0.717) is 10.0 Å². The van der Waals surface area contributed by atoms with Crippen molar-refractivity contribution in [2.75, 3.05) is 0 Å². The van der Waals surface area contributed by atoms with E-state index in [1.807, 2.05) is 0 Å². The smallest absolute Gasteiger partial charge is 0.343 e. The van der Waals surface area contributed by atoms with Gasteiger partial charge in [0, 0.05) is 28.4 Å². The Bertz CT molecular complexity index is 1120. The lowest BCUT2D eigenvalue weighted by Gasteiger charge is -2.08. The maximum atomic E-state index is 12.4. The highest BCUT2D eigenvalue weighted by atomic mass is 79.9. The number of hydrogen-bond acceptors (Lipinski definition) is 7. The van der Waals surface area contributed by atoms with Gasteiger partial charge in [-0.15, -0.1) is 0 Å². The molecule has 0 aliphatic carbocycles. The Balaban J connectivity index is 1.73. The first-order chi connectivity index (χ1) is 14.4. The molecule has 0 atom stereocenters. The summed E-state index contributed by atoms with van der Waals surface area (Å²) in [5, 5.41) is 14.6. The van der Waals surface area contributed by atoms with Gasteiger partial charge in [0.25, 0.3) is 11.6 Å². The van der Waals surface area contributed by atoms with Crippen molar-refractivity contribution in [3.05, 3.63) is 98.3 Å². The van der Waals surface area contributed by atoms with Crippen LogP contribution in [0.1, 0.15) is 26.4 Å². The van der Waals surface area contributed by atoms with Crippen LogP contribution in [0.15, 0.2) is 76.4 Å². The summed E-state index contributed by atoms with van der Waals surface area (Å²) in [7, 11) is 0. The molecule has 1 N–H and O–H groups in total. The summed E-state index contributed by atoms with van der Waals surface area (Å²) in [4.78, 5) is 38.5. The van der Waals surface area contributed by atoms with E-state index in [4.69, 9.17) is 4.74 Å². The van der Waals surface area contributed by atoms with Crippen molar-refractivity contribution in [1.29, 1.82) is 0 Å². The number of carbonyl (C=O) groups excluding carboxylic acids is 2. The molecule has 0 spiro atoms. The van der Waals surface area contributed by atoms with Crippen LogP contribution in [0.2, 0.25) is 0 Å². The highest BCUT2D eigenvalue weighted by Crippen LogP contribution is 2.23. The molecule has 0 saturated heterocycles. The van der Waals surface area contributed by atoms with Gasteiger partial charge in [-0.1, -0.05) is 22.0 Å². The van der Waals surface area contributed by atoms with E-state index in [9.17, 15) is 19.7 Å². The lowest BCUT2D eigenvalue weighted by atomic mass is 10.2. The number of nitrogens with one attached hydrogen (secondary N) is 1. The molecule has 9 nitrogen and oxygen atoms in total. The number of esters is 1. The molecule has 0 unspecified atom stereocenters. The van der Waals surface area contributed by atoms with Gasteiger partial charge in [0.2, 0.25) is 0 Å². The van der Waals surface area contributed by atoms with E-state index in [1.165, 1.54) is 36.7 Å². The molecule has 150 valence electrons. The van der Waals surface area contributed by atoms with Gasteiger partial charge < -0.3 is 4.74 Å². The number of rotatable bonds is 6. The topological polar surface area (TPSA) is 124 Å². The summed E-state index contributed by atoms with van der Waals surface area (Å²) in [6, 6.07) is 14.8. The molecule has 1 heterocycles. The fourth-order valence-corrected chi connectivity index (χ4v) is 2.68. The molecule has 1 aromatic heterocycles. The maximum Gasteiger partial charge on any atom is 0.343 e. The van der Waals surface area contributed by atoms with E-state index < -0.39 is 16.8 Å².